The quantitative estimate of drug-likeness (QED) is 0.570. The van der Waals surface area contributed by atoms with Crippen LogP contribution in [0.5, 0.6) is 5.75 Å². The average molecular weight is 543 g/mol. The monoisotopic (exact) mass is 542 g/mol. The molecule has 4 rings (SSSR count). The second kappa shape index (κ2) is 10.6. The van der Waals surface area contributed by atoms with Gasteiger partial charge in [0.15, 0.2) is 0 Å². The van der Waals surface area contributed by atoms with Gasteiger partial charge in [0.05, 0.1) is 25.1 Å². The predicted octanol–water partition coefficient (Wildman–Crippen LogP) is 4.02. The second-order valence-corrected chi connectivity index (χ2v) is 10.3. The molecule has 0 radical (unpaired) electrons. The number of halogens is 3. The lowest BCUT2D eigenvalue weighted by Crippen LogP contribution is -2.55. The Morgan fingerprint density at radius 2 is 1.87 bits per heavy atom. The molecule has 1 fully saturated rings. The van der Waals surface area contributed by atoms with Crippen molar-refractivity contribution in [3.63, 3.8) is 0 Å². The van der Waals surface area contributed by atoms with E-state index in [-0.39, 0.29) is 42.5 Å². The number of alkyl halides is 3. The van der Waals surface area contributed by atoms with E-state index in [9.17, 15) is 32.8 Å². The molecule has 39 heavy (non-hydrogen) atoms. The largest absolute Gasteiger partial charge is 0.496 e. The zero-order valence-electron chi connectivity index (χ0n) is 21.8. The van der Waals surface area contributed by atoms with Crippen molar-refractivity contribution in [3.8, 4) is 11.8 Å². The number of rotatable bonds is 7. The topological polar surface area (TPSA) is 103 Å². The molecule has 1 spiro atoms. The van der Waals surface area contributed by atoms with E-state index in [0.29, 0.717) is 16.2 Å². The third kappa shape index (κ3) is 5.15. The number of para-hydroxylation sites is 2. The molecule has 2 aromatic rings. The highest BCUT2D eigenvalue weighted by Crippen LogP contribution is 2.46. The molecule has 0 saturated carbocycles. The number of ether oxygens (including phenoxy) is 1. The molecule has 8 nitrogen and oxygen atoms in total. The lowest BCUT2D eigenvalue weighted by molar-refractivity contribution is -0.190. The van der Waals surface area contributed by atoms with Gasteiger partial charge in [-0.1, -0.05) is 50.2 Å². The van der Waals surface area contributed by atoms with Gasteiger partial charge in [-0.2, -0.15) is 18.4 Å². The Balaban J connectivity index is 1.75. The Bertz CT molecular complexity index is 1320. The number of anilines is 1. The van der Waals surface area contributed by atoms with Gasteiger partial charge in [-0.15, -0.1) is 0 Å². The number of nitrogens with zero attached hydrogens (tertiary/aromatic N) is 3. The molecule has 3 amide bonds. The number of nitriles is 1. The van der Waals surface area contributed by atoms with Crippen LogP contribution >= 0.6 is 0 Å². The van der Waals surface area contributed by atoms with Crippen LogP contribution in [0.25, 0.3) is 0 Å². The highest BCUT2D eigenvalue weighted by molar-refractivity contribution is 6.07. The van der Waals surface area contributed by atoms with Crippen molar-refractivity contribution in [2.24, 2.45) is 5.92 Å². The summed E-state index contributed by atoms with van der Waals surface area (Å²) in [4.78, 5) is 41.7. The van der Waals surface area contributed by atoms with Crippen LogP contribution < -0.4 is 10.1 Å². The van der Waals surface area contributed by atoms with Gasteiger partial charge in [0, 0.05) is 24.2 Å². The number of carbonyl (C=O) groups is 3. The van der Waals surface area contributed by atoms with Crippen LogP contribution in [-0.2, 0) is 26.3 Å². The van der Waals surface area contributed by atoms with E-state index in [1.54, 1.807) is 56.3 Å². The summed E-state index contributed by atoms with van der Waals surface area (Å²) in [5, 5.41) is 12.7. The standard InChI is InChI=1S/C28H29F3N4O4/c1-17(2)12-22(34(26(38)28(29,30)31)15-18-8-4-7-11-23(18)39-3)24(36)35-16-27(13-19(35)14-32)20-9-5-6-10-21(20)33-25(27)37/h4-11,17,19,22H,12-13,15-16H2,1-3H3,(H,33,37)/t19-,22-,27-/m0/s1. The summed E-state index contributed by atoms with van der Waals surface area (Å²) in [6.07, 6.45) is -5.34. The maximum Gasteiger partial charge on any atom is 0.471 e. The first-order chi connectivity index (χ1) is 18.4. The van der Waals surface area contributed by atoms with E-state index in [1.807, 2.05) is 0 Å². The first-order valence-corrected chi connectivity index (χ1v) is 12.5. The van der Waals surface area contributed by atoms with Crippen molar-refractivity contribution in [2.75, 3.05) is 19.0 Å². The van der Waals surface area contributed by atoms with Crippen LogP contribution in [0.4, 0.5) is 18.9 Å². The molecule has 206 valence electrons. The lowest BCUT2D eigenvalue weighted by Gasteiger charge is -2.36. The summed E-state index contributed by atoms with van der Waals surface area (Å²) < 4.78 is 46.9. The third-order valence-electron chi connectivity index (χ3n) is 7.31. The Hall–Kier alpha value is -4.07. The van der Waals surface area contributed by atoms with Crippen LogP contribution in [0.15, 0.2) is 48.5 Å². The van der Waals surface area contributed by atoms with Gasteiger partial charge in [0.2, 0.25) is 11.8 Å². The van der Waals surface area contributed by atoms with E-state index < -0.39 is 42.0 Å². The first kappa shape index (κ1) is 28.0. The van der Waals surface area contributed by atoms with Gasteiger partial charge in [0.25, 0.3) is 0 Å². The van der Waals surface area contributed by atoms with Crippen LogP contribution in [0, 0.1) is 17.2 Å². The third-order valence-corrected chi connectivity index (χ3v) is 7.31. The van der Waals surface area contributed by atoms with E-state index in [0.717, 1.165) is 4.90 Å². The maximum absolute atomic E-state index is 14.1. The van der Waals surface area contributed by atoms with Gasteiger partial charge >= 0.3 is 12.1 Å². The van der Waals surface area contributed by atoms with Crippen LogP contribution in [0.1, 0.15) is 37.8 Å². The summed E-state index contributed by atoms with van der Waals surface area (Å²) in [6.45, 7) is 2.73. The maximum atomic E-state index is 14.1. The van der Waals surface area contributed by atoms with Crippen molar-refractivity contribution in [2.45, 2.75) is 56.9 Å². The Morgan fingerprint density at radius 1 is 1.21 bits per heavy atom. The number of likely N-dealkylation sites (tertiary alicyclic amines) is 1. The molecule has 3 atom stereocenters. The zero-order valence-corrected chi connectivity index (χ0v) is 21.8. The Labute approximate surface area is 224 Å². The van der Waals surface area contributed by atoms with Crippen molar-refractivity contribution in [1.29, 1.82) is 5.26 Å². The highest BCUT2D eigenvalue weighted by Gasteiger charge is 2.57. The number of hydrogen-bond acceptors (Lipinski definition) is 5. The summed E-state index contributed by atoms with van der Waals surface area (Å²) in [6, 6.07) is 12.7. The molecule has 2 heterocycles. The van der Waals surface area contributed by atoms with Gasteiger partial charge < -0.3 is 19.9 Å². The summed E-state index contributed by atoms with van der Waals surface area (Å²) in [7, 11) is 1.36. The fraction of sp³-hybridized carbons (Fsp3) is 0.429. The summed E-state index contributed by atoms with van der Waals surface area (Å²) in [5.74, 6) is -3.36. The molecular weight excluding hydrogens is 513 g/mol. The zero-order chi connectivity index (χ0) is 28.5. The van der Waals surface area contributed by atoms with Gasteiger partial charge in [-0.25, -0.2) is 0 Å². The molecule has 11 heteroatoms. The molecule has 2 aliphatic heterocycles. The van der Waals surface area contributed by atoms with Gasteiger partial charge in [0.1, 0.15) is 17.8 Å². The number of carbonyl (C=O) groups excluding carboxylic acids is 3. The Morgan fingerprint density at radius 3 is 2.51 bits per heavy atom. The van der Waals surface area contributed by atoms with Crippen LogP contribution in [-0.4, -0.2) is 59.4 Å². The van der Waals surface area contributed by atoms with E-state index in [2.05, 4.69) is 11.4 Å². The fourth-order valence-corrected chi connectivity index (χ4v) is 5.49. The Kier molecular flexibility index (Phi) is 7.59. The SMILES string of the molecule is COc1ccccc1CN(C(=O)C(F)(F)F)[C@@H](CC(C)C)C(=O)N1C[C@]2(C[C@H]1C#N)C(=O)Nc1ccccc12. The van der Waals surface area contributed by atoms with Crippen molar-refractivity contribution < 1.29 is 32.3 Å². The van der Waals surface area contributed by atoms with E-state index in [4.69, 9.17) is 4.74 Å². The molecular formula is C28H29F3N4O4. The molecule has 1 saturated heterocycles. The molecule has 0 aromatic heterocycles. The molecule has 0 bridgehead atoms. The minimum absolute atomic E-state index is 0.00773. The van der Waals surface area contributed by atoms with Crippen LogP contribution in [0.2, 0.25) is 0 Å². The van der Waals surface area contributed by atoms with Gasteiger partial charge in [-0.3, -0.25) is 14.4 Å². The van der Waals surface area contributed by atoms with Gasteiger partial charge in [-0.05, 0) is 30.0 Å². The number of fused-ring (bicyclic) bond motifs is 2. The lowest BCUT2D eigenvalue weighted by atomic mass is 9.80. The average Bonchev–Trinajstić information content (AvgIpc) is 3.42. The minimum Gasteiger partial charge on any atom is -0.496 e. The summed E-state index contributed by atoms with van der Waals surface area (Å²) in [5.41, 5.74) is 0.273. The number of benzene rings is 2. The number of hydrogen-bond donors (Lipinski definition) is 1. The van der Waals surface area contributed by atoms with Crippen molar-refractivity contribution >= 4 is 23.4 Å². The normalized spacial score (nSPS) is 20.9. The predicted molar refractivity (Wildman–Crippen MR) is 135 cm³/mol. The number of amides is 3. The fourth-order valence-electron chi connectivity index (χ4n) is 5.49. The minimum atomic E-state index is -5.25. The van der Waals surface area contributed by atoms with E-state index >= 15 is 0 Å². The highest BCUT2D eigenvalue weighted by atomic mass is 19.4. The molecule has 0 unspecified atom stereocenters. The molecule has 2 aliphatic rings. The second-order valence-electron chi connectivity index (χ2n) is 10.3. The number of nitrogens with one attached hydrogen (secondary N) is 1. The van der Waals surface area contributed by atoms with E-state index in [1.165, 1.54) is 13.2 Å². The molecule has 0 aliphatic carbocycles. The first-order valence-electron chi connectivity index (χ1n) is 12.5. The van der Waals surface area contributed by atoms with Crippen molar-refractivity contribution in [1.82, 2.24) is 9.80 Å². The van der Waals surface area contributed by atoms with Crippen molar-refractivity contribution in [3.05, 3.63) is 59.7 Å². The number of methoxy groups -OCH3 is 1. The summed E-state index contributed by atoms with van der Waals surface area (Å²) >= 11 is 0. The smallest absolute Gasteiger partial charge is 0.471 e. The van der Waals surface area contributed by atoms with Crippen LogP contribution in [0.3, 0.4) is 0 Å². The molecule has 1 N–H and O–H groups in total. The molecule has 2 aromatic carbocycles.